The van der Waals surface area contributed by atoms with Crippen LogP contribution >= 0.6 is 11.8 Å². The molecule has 0 spiro atoms. The molecular weight excluding hydrogens is 249 g/mol. The first kappa shape index (κ1) is 15.0. The first-order valence-electron chi connectivity index (χ1n) is 5.91. The largest absolute Gasteiger partial charge is 0.370 e. The van der Waals surface area contributed by atoms with Crippen LogP contribution in [0.5, 0.6) is 0 Å². The second-order valence-corrected chi connectivity index (χ2v) is 5.50. The van der Waals surface area contributed by atoms with E-state index in [9.17, 15) is 9.18 Å². The van der Waals surface area contributed by atoms with E-state index in [1.54, 1.807) is 24.8 Å². The predicted molar refractivity (Wildman–Crippen MR) is 77.4 cm³/mol. The van der Waals surface area contributed by atoms with Gasteiger partial charge in [0.05, 0.1) is 0 Å². The summed E-state index contributed by atoms with van der Waals surface area (Å²) in [4.78, 5) is 13.7. The van der Waals surface area contributed by atoms with Crippen LogP contribution in [0, 0.1) is 12.7 Å². The van der Waals surface area contributed by atoms with Gasteiger partial charge in [-0.05, 0) is 44.7 Å². The van der Waals surface area contributed by atoms with Gasteiger partial charge in [0.1, 0.15) is 5.82 Å². The maximum Gasteiger partial charge on any atom is 0.161 e. The fourth-order valence-corrected chi connectivity index (χ4v) is 2.54. The number of Topliss-reactive ketones (excluding diaryl/α,β-unsaturated/α-hetero) is 1. The number of aryl methyl sites for hydroxylation is 1. The topological polar surface area (TPSA) is 20.3 Å². The molecule has 0 bridgehead atoms. The van der Waals surface area contributed by atoms with Crippen molar-refractivity contribution in [2.75, 3.05) is 24.0 Å². The number of anilines is 1. The molecule has 0 radical (unpaired) electrons. The van der Waals surface area contributed by atoms with Crippen molar-refractivity contribution in [1.82, 2.24) is 0 Å². The molecule has 0 aliphatic carbocycles. The van der Waals surface area contributed by atoms with Gasteiger partial charge < -0.3 is 4.90 Å². The van der Waals surface area contributed by atoms with Gasteiger partial charge in [-0.25, -0.2) is 4.39 Å². The first-order valence-corrected chi connectivity index (χ1v) is 7.30. The van der Waals surface area contributed by atoms with Gasteiger partial charge >= 0.3 is 0 Å². The highest BCUT2D eigenvalue weighted by atomic mass is 32.2. The Morgan fingerprint density at radius 2 is 2.11 bits per heavy atom. The smallest absolute Gasteiger partial charge is 0.161 e. The Morgan fingerprint density at radius 1 is 1.50 bits per heavy atom. The summed E-state index contributed by atoms with van der Waals surface area (Å²) in [5.41, 5.74) is 1.83. The van der Waals surface area contributed by atoms with Crippen molar-refractivity contribution < 1.29 is 9.18 Å². The molecule has 0 N–H and O–H groups in total. The first-order chi connectivity index (χ1) is 8.38. The van der Waals surface area contributed by atoms with Crippen LogP contribution in [0.1, 0.15) is 29.8 Å². The molecule has 0 heterocycles. The number of benzene rings is 1. The number of ketones is 1. The molecule has 2 nitrogen and oxygen atoms in total. The fourth-order valence-electron chi connectivity index (χ4n) is 1.83. The number of nitrogens with zero attached hydrogens (tertiary/aromatic N) is 1. The van der Waals surface area contributed by atoms with Gasteiger partial charge in [0.2, 0.25) is 0 Å². The lowest BCUT2D eigenvalue weighted by molar-refractivity contribution is 0.101. The zero-order chi connectivity index (χ0) is 13.9. The minimum atomic E-state index is -0.324. The minimum Gasteiger partial charge on any atom is -0.370 e. The molecule has 0 aliphatic heterocycles. The SMILES string of the molecule is CSCC(C)N(C)c1cc(C)c(F)cc1C(C)=O. The van der Waals surface area contributed by atoms with Gasteiger partial charge in [-0.2, -0.15) is 11.8 Å². The van der Waals surface area contributed by atoms with Crippen LogP contribution in [0.4, 0.5) is 10.1 Å². The Hall–Kier alpha value is -1.03. The Labute approximate surface area is 113 Å². The summed E-state index contributed by atoms with van der Waals surface area (Å²) in [5.74, 6) is 0.534. The highest BCUT2D eigenvalue weighted by molar-refractivity contribution is 7.98. The Balaban J connectivity index is 3.21. The molecule has 1 unspecified atom stereocenters. The molecule has 4 heteroatoms. The van der Waals surface area contributed by atoms with E-state index >= 15 is 0 Å². The van der Waals surface area contributed by atoms with Gasteiger partial charge in [0.15, 0.2) is 5.78 Å². The fraction of sp³-hybridized carbons (Fsp3) is 0.500. The molecule has 0 amide bonds. The molecule has 0 aliphatic rings. The van der Waals surface area contributed by atoms with E-state index in [0.29, 0.717) is 17.2 Å². The van der Waals surface area contributed by atoms with E-state index in [2.05, 4.69) is 6.92 Å². The summed E-state index contributed by atoms with van der Waals surface area (Å²) in [6, 6.07) is 3.39. The molecule has 1 aromatic rings. The molecular formula is C14H20FNOS. The summed E-state index contributed by atoms with van der Waals surface area (Å²) in [7, 11) is 1.94. The molecule has 1 atom stereocenters. The molecule has 0 saturated heterocycles. The number of carbonyl (C=O) groups is 1. The van der Waals surface area contributed by atoms with E-state index in [1.165, 1.54) is 13.0 Å². The lowest BCUT2D eigenvalue weighted by atomic mass is 10.0. The Kier molecular flexibility index (Phi) is 5.20. The van der Waals surface area contributed by atoms with Crippen molar-refractivity contribution >= 4 is 23.2 Å². The van der Waals surface area contributed by atoms with E-state index in [1.807, 2.05) is 18.2 Å². The summed E-state index contributed by atoms with van der Waals surface area (Å²) in [6.07, 6.45) is 2.05. The third-order valence-electron chi connectivity index (χ3n) is 3.11. The van der Waals surface area contributed by atoms with Gasteiger partial charge in [0, 0.05) is 30.1 Å². The van der Waals surface area contributed by atoms with Crippen molar-refractivity contribution in [2.45, 2.75) is 26.8 Å². The monoisotopic (exact) mass is 269 g/mol. The van der Waals surface area contributed by atoms with Crippen LogP contribution in [0.15, 0.2) is 12.1 Å². The number of halogens is 1. The molecule has 0 aromatic heterocycles. The highest BCUT2D eigenvalue weighted by Crippen LogP contribution is 2.26. The summed E-state index contributed by atoms with van der Waals surface area (Å²) in [6.45, 7) is 5.29. The highest BCUT2D eigenvalue weighted by Gasteiger charge is 2.17. The maximum atomic E-state index is 13.6. The van der Waals surface area contributed by atoms with Crippen LogP contribution < -0.4 is 4.90 Å². The van der Waals surface area contributed by atoms with Crippen LogP contribution in [0.3, 0.4) is 0 Å². The average molecular weight is 269 g/mol. The molecule has 1 rings (SSSR count). The van der Waals surface area contributed by atoms with Crippen LogP contribution in [0.25, 0.3) is 0 Å². The van der Waals surface area contributed by atoms with Gasteiger partial charge in [-0.3, -0.25) is 4.79 Å². The van der Waals surface area contributed by atoms with Crippen molar-refractivity contribution in [3.05, 3.63) is 29.1 Å². The zero-order valence-corrected chi connectivity index (χ0v) is 12.4. The van der Waals surface area contributed by atoms with Crippen LogP contribution in [-0.2, 0) is 0 Å². The van der Waals surface area contributed by atoms with E-state index in [-0.39, 0.29) is 11.6 Å². The number of hydrogen-bond donors (Lipinski definition) is 0. The molecule has 0 fully saturated rings. The quantitative estimate of drug-likeness (QED) is 0.763. The summed E-state index contributed by atoms with van der Waals surface area (Å²) >= 11 is 1.75. The molecule has 1 aromatic carbocycles. The van der Waals surface area contributed by atoms with E-state index < -0.39 is 0 Å². The van der Waals surface area contributed by atoms with Crippen molar-refractivity contribution in [3.63, 3.8) is 0 Å². The van der Waals surface area contributed by atoms with Crippen molar-refractivity contribution in [3.8, 4) is 0 Å². The Morgan fingerprint density at radius 3 is 2.61 bits per heavy atom. The molecule has 18 heavy (non-hydrogen) atoms. The van der Waals surface area contributed by atoms with Crippen LogP contribution in [0.2, 0.25) is 0 Å². The van der Waals surface area contributed by atoms with Gasteiger partial charge in [0.25, 0.3) is 0 Å². The normalized spacial score (nSPS) is 12.3. The molecule has 0 saturated carbocycles. The minimum absolute atomic E-state index is 0.105. The van der Waals surface area contributed by atoms with Crippen molar-refractivity contribution in [1.29, 1.82) is 0 Å². The maximum absolute atomic E-state index is 13.6. The average Bonchev–Trinajstić information content (AvgIpc) is 2.31. The number of carbonyl (C=O) groups excluding carboxylic acids is 1. The zero-order valence-electron chi connectivity index (χ0n) is 11.6. The van der Waals surface area contributed by atoms with Crippen LogP contribution in [-0.4, -0.2) is 30.9 Å². The molecule has 100 valence electrons. The summed E-state index contributed by atoms with van der Waals surface area (Å²) in [5, 5.41) is 0. The van der Waals surface area contributed by atoms with Gasteiger partial charge in [-0.15, -0.1) is 0 Å². The van der Waals surface area contributed by atoms with Gasteiger partial charge in [-0.1, -0.05) is 0 Å². The number of thioether (sulfide) groups is 1. The lowest BCUT2D eigenvalue weighted by Gasteiger charge is -2.28. The second kappa shape index (κ2) is 6.23. The Bertz CT molecular complexity index is 448. The number of rotatable bonds is 5. The van der Waals surface area contributed by atoms with Crippen molar-refractivity contribution in [2.24, 2.45) is 0 Å². The number of hydrogen-bond acceptors (Lipinski definition) is 3. The van der Waals surface area contributed by atoms with E-state index in [0.717, 1.165) is 11.4 Å². The van der Waals surface area contributed by atoms with E-state index in [4.69, 9.17) is 0 Å². The second-order valence-electron chi connectivity index (χ2n) is 4.59. The third-order valence-corrected chi connectivity index (χ3v) is 3.92. The summed E-state index contributed by atoms with van der Waals surface area (Å²) < 4.78 is 13.6. The third kappa shape index (κ3) is 3.25. The lowest BCUT2D eigenvalue weighted by Crippen LogP contribution is -2.32. The standard InChI is InChI=1S/C14H20FNOS/c1-9-6-14(16(4)10(2)8-18-5)12(11(3)17)7-13(9)15/h6-7,10H,8H2,1-5H3. The predicted octanol–water partition coefficient (Wildman–Crippen LogP) is 3.52.